The maximum atomic E-state index is 14.9. The Morgan fingerprint density at radius 1 is 0.562 bits per heavy atom. The van der Waals surface area contributed by atoms with E-state index in [-0.39, 0.29) is 6.42 Å². The number of hydrogen-bond acceptors (Lipinski definition) is 9. The molecule has 3 aromatic rings. The Labute approximate surface area is 268 Å². The van der Waals surface area contributed by atoms with E-state index in [1.54, 1.807) is 42.5 Å². The number of nitrogens with zero attached hydrogens (tertiary/aromatic N) is 9. The van der Waals surface area contributed by atoms with Crippen LogP contribution in [0, 0.1) is 102 Å². The van der Waals surface area contributed by atoms with Crippen molar-refractivity contribution in [3.05, 3.63) is 102 Å². The van der Waals surface area contributed by atoms with Crippen molar-refractivity contribution in [1.82, 2.24) is 0 Å². The largest absolute Gasteiger partial charge is 0.417 e. The van der Waals surface area contributed by atoms with E-state index >= 15 is 0 Å². The summed E-state index contributed by atoms with van der Waals surface area (Å²) >= 11 is 0. The predicted octanol–water partition coefficient (Wildman–Crippen LogP) is 5.14. The molecule has 0 saturated carbocycles. The highest BCUT2D eigenvalue weighted by Crippen LogP contribution is 2.38. The van der Waals surface area contributed by atoms with E-state index < -0.39 is 101 Å². The standard InChI is InChI=1S/C34H12F5N9/c1-2-7-33(35,36)30-5-3-20(24(12-43)26(30)14-45)28(16-47)32-18(9-40)8-21(25(13-44)29(32)17-48)22(10-41)19-4-6-31(34(37,38)39)27(15-46)23(19)11-42/h3-6,8H,2,7H2,1H3/b22-21-,32-28-. The lowest BCUT2D eigenvalue weighted by Crippen LogP contribution is -2.27. The van der Waals surface area contributed by atoms with Gasteiger partial charge in [0.2, 0.25) is 0 Å². The summed E-state index contributed by atoms with van der Waals surface area (Å²) < 4.78 is 70.5. The summed E-state index contributed by atoms with van der Waals surface area (Å²) in [6.07, 6.45) is -5.73. The second kappa shape index (κ2) is 13.6. The summed E-state index contributed by atoms with van der Waals surface area (Å²) in [6, 6.07) is 17.9. The number of hydrogen-bond donors (Lipinski definition) is 0. The van der Waals surface area contributed by atoms with Crippen molar-refractivity contribution in [3.8, 4) is 54.6 Å². The van der Waals surface area contributed by atoms with Crippen molar-refractivity contribution in [2.45, 2.75) is 31.9 Å². The average molecular weight is 642 g/mol. The molecule has 0 unspecified atom stereocenters. The highest BCUT2D eigenvalue weighted by atomic mass is 19.4. The third-order valence-electron chi connectivity index (χ3n) is 7.07. The smallest absolute Gasteiger partial charge is 0.201 e. The Morgan fingerprint density at radius 3 is 1.44 bits per heavy atom. The first-order valence-corrected chi connectivity index (χ1v) is 13.2. The maximum Gasteiger partial charge on any atom is 0.417 e. The lowest BCUT2D eigenvalue weighted by Gasteiger charge is -2.19. The highest BCUT2D eigenvalue weighted by molar-refractivity contribution is 5.86. The Hall–Kier alpha value is -7.54. The average Bonchev–Trinajstić information content (AvgIpc) is 3.07. The molecular weight excluding hydrogens is 629 g/mol. The molecule has 9 nitrogen and oxygen atoms in total. The van der Waals surface area contributed by atoms with Crippen molar-refractivity contribution in [2.24, 2.45) is 0 Å². The zero-order valence-electron chi connectivity index (χ0n) is 24.2. The fourth-order valence-electron chi connectivity index (χ4n) is 5.05. The molecule has 3 aromatic carbocycles. The second-order valence-corrected chi connectivity index (χ2v) is 9.63. The number of nitriles is 9. The monoisotopic (exact) mass is 641 g/mol. The van der Waals surface area contributed by atoms with Crippen LogP contribution in [-0.4, -0.2) is 0 Å². The molecule has 0 saturated heterocycles. The lowest BCUT2D eigenvalue weighted by molar-refractivity contribution is -0.137. The van der Waals surface area contributed by atoms with Gasteiger partial charge >= 0.3 is 6.18 Å². The number of halogens is 5. The van der Waals surface area contributed by atoms with Crippen molar-refractivity contribution in [3.63, 3.8) is 0 Å². The van der Waals surface area contributed by atoms with Gasteiger partial charge in [0, 0.05) is 33.5 Å². The molecule has 228 valence electrons. The molecule has 0 N–H and O–H groups in total. The van der Waals surface area contributed by atoms with Crippen molar-refractivity contribution >= 4 is 11.1 Å². The van der Waals surface area contributed by atoms with Gasteiger partial charge in [0.05, 0.1) is 61.7 Å². The van der Waals surface area contributed by atoms with Crippen LogP contribution in [0.3, 0.4) is 0 Å². The molecule has 0 aliphatic rings. The maximum absolute atomic E-state index is 14.9. The van der Waals surface area contributed by atoms with Crippen LogP contribution in [0.4, 0.5) is 22.0 Å². The summed E-state index contributed by atoms with van der Waals surface area (Å²) in [6.45, 7) is 1.47. The van der Waals surface area contributed by atoms with E-state index in [0.29, 0.717) is 12.1 Å². The zero-order chi connectivity index (χ0) is 36.0. The van der Waals surface area contributed by atoms with Gasteiger partial charge in [-0.25, -0.2) is 8.78 Å². The molecule has 0 fully saturated rings. The van der Waals surface area contributed by atoms with Gasteiger partial charge in [0.1, 0.15) is 48.6 Å². The van der Waals surface area contributed by atoms with Crippen LogP contribution in [0.25, 0.3) is 11.1 Å². The van der Waals surface area contributed by atoms with E-state index in [4.69, 9.17) is 0 Å². The Balaban J connectivity index is 2.70. The quantitative estimate of drug-likeness (QED) is 0.336. The van der Waals surface area contributed by atoms with Gasteiger partial charge in [-0.2, -0.15) is 60.5 Å². The van der Waals surface area contributed by atoms with Crippen LogP contribution in [0.1, 0.15) is 81.0 Å². The molecule has 0 heterocycles. The molecule has 0 aromatic heterocycles. The molecule has 0 radical (unpaired) electrons. The Bertz CT molecular complexity index is 2430. The summed E-state index contributed by atoms with van der Waals surface area (Å²) in [7, 11) is 0. The molecule has 0 atom stereocenters. The second-order valence-electron chi connectivity index (χ2n) is 9.63. The van der Waals surface area contributed by atoms with Crippen molar-refractivity contribution in [2.75, 3.05) is 0 Å². The first-order valence-electron chi connectivity index (χ1n) is 13.2. The molecule has 48 heavy (non-hydrogen) atoms. The van der Waals surface area contributed by atoms with E-state index in [1.165, 1.54) is 19.1 Å². The lowest BCUT2D eigenvalue weighted by atomic mass is 9.86. The molecule has 0 bridgehead atoms. The van der Waals surface area contributed by atoms with Crippen LogP contribution in [0.2, 0.25) is 0 Å². The van der Waals surface area contributed by atoms with Gasteiger partial charge in [-0.3, -0.25) is 0 Å². The minimum absolute atomic E-state index is 0.0132. The van der Waals surface area contributed by atoms with Crippen molar-refractivity contribution in [1.29, 1.82) is 47.4 Å². The fourth-order valence-corrected chi connectivity index (χ4v) is 5.05. The minimum atomic E-state index is -5.06. The number of benzene rings is 3. The van der Waals surface area contributed by atoms with Gasteiger partial charge in [-0.05, 0) is 12.1 Å². The summed E-state index contributed by atoms with van der Waals surface area (Å²) in [5.41, 5.74) is -10.1. The highest BCUT2D eigenvalue weighted by Gasteiger charge is 2.37. The first-order chi connectivity index (χ1) is 22.8. The first kappa shape index (κ1) is 34.9. The summed E-state index contributed by atoms with van der Waals surface area (Å²) in [4.78, 5) is 0. The molecule has 0 amide bonds. The van der Waals surface area contributed by atoms with Crippen LogP contribution in [0.5, 0.6) is 0 Å². The van der Waals surface area contributed by atoms with Gasteiger partial charge in [-0.1, -0.05) is 31.5 Å². The third kappa shape index (κ3) is 5.80. The third-order valence-corrected chi connectivity index (χ3v) is 7.07. The molecule has 0 spiro atoms. The Kier molecular flexibility index (Phi) is 9.92. The number of rotatable bonds is 5. The molecule has 14 heteroatoms. The van der Waals surface area contributed by atoms with Gasteiger partial charge in [0.25, 0.3) is 5.92 Å². The summed E-state index contributed by atoms with van der Waals surface area (Å²) in [5, 5.41) is 88.4. The normalized spacial score (nSPS) is 11.8. The van der Waals surface area contributed by atoms with E-state index in [0.717, 1.165) is 18.2 Å². The van der Waals surface area contributed by atoms with Gasteiger partial charge in [-0.15, -0.1) is 0 Å². The van der Waals surface area contributed by atoms with Crippen LogP contribution < -0.4 is 10.4 Å². The van der Waals surface area contributed by atoms with Gasteiger partial charge in [0.15, 0.2) is 0 Å². The van der Waals surface area contributed by atoms with E-state index in [1.807, 2.05) is 0 Å². The summed E-state index contributed by atoms with van der Waals surface area (Å²) in [5.74, 6) is -3.54. The van der Waals surface area contributed by atoms with Crippen molar-refractivity contribution < 1.29 is 22.0 Å². The van der Waals surface area contributed by atoms with Gasteiger partial charge < -0.3 is 0 Å². The number of alkyl halides is 5. The van der Waals surface area contributed by atoms with Crippen LogP contribution in [-0.2, 0) is 12.1 Å². The van der Waals surface area contributed by atoms with Crippen LogP contribution in [0.15, 0.2) is 30.3 Å². The molecule has 3 rings (SSSR count). The SMILES string of the molecule is CCCC(F)(F)c1ccc(/C(C#N)=c2/c(C#N)c/c(=C(\C#N)c3ccc(C(F)(F)F)c(C#N)c3C#N)c(C#N)c2C#N)c(C#N)c1C#N. The van der Waals surface area contributed by atoms with Crippen LogP contribution >= 0.6 is 0 Å². The molecule has 0 aliphatic heterocycles. The fraction of sp³-hybridized carbons (Fsp3) is 0.147. The van der Waals surface area contributed by atoms with E-state index in [9.17, 15) is 69.3 Å². The molecule has 0 aliphatic carbocycles. The molecular formula is C34H12F5N9. The van der Waals surface area contributed by atoms with E-state index in [2.05, 4.69) is 0 Å². The predicted molar refractivity (Wildman–Crippen MR) is 152 cm³/mol. The Morgan fingerprint density at radius 2 is 1.02 bits per heavy atom. The topological polar surface area (TPSA) is 214 Å². The zero-order valence-corrected chi connectivity index (χ0v) is 24.2. The minimum Gasteiger partial charge on any atom is -0.201 e.